The van der Waals surface area contributed by atoms with E-state index in [-0.39, 0.29) is 30.6 Å². The monoisotopic (exact) mass is 349 g/mol. The molecule has 1 fully saturated rings. The second-order valence-electron chi connectivity index (χ2n) is 5.75. The molecule has 0 radical (unpaired) electrons. The van der Waals surface area contributed by atoms with Gasteiger partial charge < -0.3 is 10.2 Å². The topological polar surface area (TPSA) is 117 Å². The third-order valence-corrected chi connectivity index (χ3v) is 4.53. The maximum atomic E-state index is 12.4. The number of aromatic amines is 1. The van der Waals surface area contributed by atoms with Crippen molar-refractivity contribution in [3.63, 3.8) is 0 Å². The van der Waals surface area contributed by atoms with Gasteiger partial charge in [-0.25, -0.2) is 4.98 Å². The fraction of sp³-hybridized carbons (Fsp3) is 0.571. The van der Waals surface area contributed by atoms with Crippen LogP contribution in [0.1, 0.15) is 43.3 Å². The van der Waals surface area contributed by atoms with Gasteiger partial charge in [0.05, 0.1) is 0 Å². The molecule has 1 atom stereocenters. The standard InChI is InChI=1S/C14H19N7O2S/c1-9-16-13(19-18-9)10-3-2-6-21(7-10)12(23)5-4-11(22)17-14-20-15-8-24-14/h8,10H,2-7H2,1H3,(H,16,18,19)(H,17,20,22). The number of amides is 2. The summed E-state index contributed by atoms with van der Waals surface area (Å²) < 4.78 is 0. The van der Waals surface area contributed by atoms with Gasteiger partial charge in [-0.1, -0.05) is 11.3 Å². The van der Waals surface area contributed by atoms with E-state index in [4.69, 9.17) is 0 Å². The molecule has 2 aromatic heterocycles. The van der Waals surface area contributed by atoms with Crippen molar-refractivity contribution in [2.45, 2.75) is 38.5 Å². The molecule has 1 aliphatic rings. The number of anilines is 1. The molecule has 3 rings (SSSR count). The smallest absolute Gasteiger partial charge is 0.226 e. The van der Waals surface area contributed by atoms with Gasteiger partial charge in [-0.2, -0.15) is 5.10 Å². The number of rotatable bonds is 5. The normalized spacial score (nSPS) is 17.7. The molecule has 1 unspecified atom stereocenters. The van der Waals surface area contributed by atoms with Gasteiger partial charge in [0.25, 0.3) is 0 Å². The summed E-state index contributed by atoms with van der Waals surface area (Å²) in [5, 5.41) is 17.5. The number of nitrogens with zero attached hydrogens (tertiary/aromatic N) is 5. The third kappa shape index (κ3) is 4.13. The first-order valence-corrected chi connectivity index (χ1v) is 8.72. The van der Waals surface area contributed by atoms with Crippen molar-refractivity contribution >= 4 is 28.3 Å². The van der Waals surface area contributed by atoms with E-state index in [2.05, 4.69) is 30.7 Å². The molecule has 3 heterocycles. The number of likely N-dealkylation sites (tertiary alicyclic amines) is 1. The summed E-state index contributed by atoms with van der Waals surface area (Å²) in [5.41, 5.74) is 1.54. The zero-order valence-electron chi connectivity index (χ0n) is 13.4. The van der Waals surface area contributed by atoms with E-state index in [0.717, 1.165) is 31.0 Å². The number of hydrogen-bond acceptors (Lipinski definition) is 7. The molecule has 128 valence electrons. The minimum absolute atomic E-state index is 0.0145. The Balaban J connectivity index is 1.48. The van der Waals surface area contributed by atoms with Crippen LogP contribution in [0.4, 0.5) is 5.13 Å². The van der Waals surface area contributed by atoms with Gasteiger partial charge in [0.1, 0.15) is 11.3 Å². The van der Waals surface area contributed by atoms with Crippen LogP contribution in [0, 0.1) is 6.92 Å². The Bertz CT molecular complexity index is 700. The second-order valence-corrected chi connectivity index (χ2v) is 6.58. The predicted molar refractivity (Wildman–Crippen MR) is 87.4 cm³/mol. The Morgan fingerprint density at radius 2 is 2.33 bits per heavy atom. The van der Waals surface area contributed by atoms with Crippen molar-refractivity contribution in [3.05, 3.63) is 17.2 Å². The van der Waals surface area contributed by atoms with Gasteiger partial charge in [-0.05, 0) is 19.8 Å². The summed E-state index contributed by atoms with van der Waals surface area (Å²) >= 11 is 1.25. The lowest BCUT2D eigenvalue weighted by molar-refractivity contribution is -0.134. The third-order valence-electron chi connectivity index (χ3n) is 3.93. The van der Waals surface area contributed by atoms with Crippen LogP contribution >= 0.6 is 11.3 Å². The molecule has 2 amide bonds. The fourth-order valence-corrected chi connectivity index (χ4v) is 3.21. The SMILES string of the molecule is Cc1nc(C2CCCN(C(=O)CCC(=O)Nc3nncs3)C2)n[nH]1. The molecule has 1 aliphatic heterocycles. The number of hydrogen-bond donors (Lipinski definition) is 2. The highest BCUT2D eigenvalue weighted by molar-refractivity contribution is 7.13. The van der Waals surface area contributed by atoms with E-state index in [9.17, 15) is 9.59 Å². The molecule has 0 aromatic carbocycles. The lowest BCUT2D eigenvalue weighted by Crippen LogP contribution is -2.39. The van der Waals surface area contributed by atoms with Gasteiger partial charge in [0.2, 0.25) is 16.9 Å². The van der Waals surface area contributed by atoms with Crippen LogP contribution in [0.15, 0.2) is 5.51 Å². The molecule has 24 heavy (non-hydrogen) atoms. The molecule has 9 nitrogen and oxygen atoms in total. The lowest BCUT2D eigenvalue weighted by atomic mass is 9.97. The number of aryl methyl sites for hydroxylation is 1. The average molecular weight is 349 g/mol. The minimum atomic E-state index is -0.224. The summed E-state index contributed by atoms with van der Waals surface area (Å²) in [6.45, 7) is 3.18. The zero-order valence-corrected chi connectivity index (χ0v) is 14.2. The van der Waals surface area contributed by atoms with Crippen molar-refractivity contribution in [1.82, 2.24) is 30.3 Å². The van der Waals surface area contributed by atoms with Crippen molar-refractivity contribution in [3.8, 4) is 0 Å². The number of aromatic nitrogens is 5. The van der Waals surface area contributed by atoms with E-state index in [0.29, 0.717) is 11.7 Å². The predicted octanol–water partition coefficient (Wildman–Crippen LogP) is 1.09. The number of carbonyl (C=O) groups is 2. The maximum Gasteiger partial charge on any atom is 0.226 e. The van der Waals surface area contributed by atoms with E-state index in [1.165, 1.54) is 11.3 Å². The molecule has 10 heteroatoms. The van der Waals surface area contributed by atoms with Gasteiger partial charge in [-0.3, -0.25) is 14.7 Å². The highest BCUT2D eigenvalue weighted by atomic mass is 32.1. The Hall–Kier alpha value is -2.36. The van der Waals surface area contributed by atoms with Crippen molar-refractivity contribution in [1.29, 1.82) is 0 Å². The van der Waals surface area contributed by atoms with Crippen LogP contribution in [-0.2, 0) is 9.59 Å². The highest BCUT2D eigenvalue weighted by Crippen LogP contribution is 2.25. The minimum Gasteiger partial charge on any atom is -0.342 e. The summed E-state index contributed by atoms with van der Waals surface area (Å²) in [6.07, 6.45) is 2.21. The molecule has 0 saturated carbocycles. The largest absolute Gasteiger partial charge is 0.342 e. The number of piperidine rings is 1. The van der Waals surface area contributed by atoms with E-state index >= 15 is 0 Å². The van der Waals surface area contributed by atoms with E-state index < -0.39 is 0 Å². The highest BCUT2D eigenvalue weighted by Gasteiger charge is 2.27. The second kappa shape index (κ2) is 7.47. The van der Waals surface area contributed by atoms with Crippen LogP contribution in [0.3, 0.4) is 0 Å². The Kier molecular flexibility index (Phi) is 5.14. The first-order chi connectivity index (χ1) is 11.6. The molecule has 2 aromatic rings. The first kappa shape index (κ1) is 16.5. The molecule has 1 saturated heterocycles. The van der Waals surface area contributed by atoms with Crippen molar-refractivity contribution in [2.75, 3.05) is 18.4 Å². The van der Waals surface area contributed by atoms with Gasteiger partial charge in [0, 0.05) is 31.8 Å². The van der Waals surface area contributed by atoms with Crippen LogP contribution < -0.4 is 5.32 Å². The average Bonchev–Trinajstić information content (AvgIpc) is 3.24. The maximum absolute atomic E-state index is 12.4. The van der Waals surface area contributed by atoms with Crippen LogP contribution in [0.2, 0.25) is 0 Å². The van der Waals surface area contributed by atoms with Crippen LogP contribution in [-0.4, -0.2) is 55.2 Å². The fourth-order valence-electron chi connectivity index (χ4n) is 2.74. The van der Waals surface area contributed by atoms with E-state index in [1.54, 1.807) is 10.4 Å². The number of nitrogens with one attached hydrogen (secondary N) is 2. The summed E-state index contributed by atoms with van der Waals surface area (Å²) in [6, 6.07) is 0. The molecule has 2 N–H and O–H groups in total. The molecule has 0 bridgehead atoms. The molecule has 0 aliphatic carbocycles. The summed E-state index contributed by atoms with van der Waals surface area (Å²) in [7, 11) is 0. The molecule has 0 spiro atoms. The van der Waals surface area contributed by atoms with Crippen LogP contribution in [0.25, 0.3) is 0 Å². The number of H-pyrrole nitrogens is 1. The first-order valence-electron chi connectivity index (χ1n) is 7.84. The van der Waals surface area contributed by atoms with E-state index in [1.807, 2.05) is 6.92 Å². The summed E-state index contributed by atoms with van der Waals surface area (Å²) in [4.78, 5) is 30.3. The van der Waals surface area contributed by atoms with Crippen molar-refractivity contribution < 1.29 is 9.59 Å². The Morgan fingerprint density at radius 3 is 3.04 bits per heavy atom. The Morgan fingerprint density at radius 1 is 1.46 bits per heavy atom. The quantitative estimate of drug-likeness (QED) is 0.834. The van der Waals surface area contributed by atoms with Gasteiger partial charge >= 0.3 is 0 Å². The van der Waals surface area contributed by atoms with Crippen molar-refractivity contribution in [2.24, 2.45) is 0 Å². The molecular formula is C14H19N7O2S. The zero-order chi connectivity index (χ0) is 16.9. The Labute approximate surface area is 142 Å². The van der Waals surface area contributed by atoms with Gasteiger partial charge in [-0.15, -0.1) is 10.2 Å². The van der Waals surface area contributed by atoms with Crippen LogP contribution in [0.5, 0.6) is 0 Å². The summed E-state index contributed by atoms with van der Waals surface area (Å²) in [5.74, 6) is 1.46. The van der Waals surface area contributed by atoms with Gasteiger partial charge in [0.15, 0.2) is 5.82 Å². The lowest BCUT2D eigenvalue weighted by Gasteiger charge is -2.31. The number of carbonyl (C=O) groups excluding carboxylic acids is 2. The molecular weight excluding hydrogens is 330 g/mol.